The summed E-state index contributed by atoms with van der Waals surface area (Å²) in [4.78, 5) is 0. The number of hydrogen-bond donors (Lipinski definition) is 1. The van der Waals surface area contributed by atoms with Crippen LogP contribution in [0.1, 0.15) is 48.9 Å². The maximum Gasteiger partial charge on any atom is 0.165 e. The molecular formula is C22H28FNO. The van der Waals surface area contributed by atoms with Gasteiger partial charge in [0.15, 0.2) is 11.6 Å². The van der Waals surface area contributed by atoms with Crippen LogP contribution >= 0.6 is 0 Å². The number of ether oxygens (including phenoxy) is 1. The number of aryl methyl sites for hydroxylation is 1. The molecule has 0 amide bonds. The summed E-state index contributed by atoms with van der Waals surface area (Å²) in [6.45, 7) is 3.10. The van der Waals surface area contributed by atoms with Crippen molar-refractivity contribution in [2.45, 2.75) is 45.1 Å². The van der Waals surface area contributed by atoms with Crippen molar-refractivity contribution in [2.24, 2.45) is 5.92 Å². The third-order valence-electron chi connectivity index (χ3n) is 5.36. The molecule has 0 fully saturated rings. The predicted octanol–water partition coefficient (Wildman–Crippen LogP) is 5.07. The van der Waals surface area contributed by atoms with E-state index in [4.69, 9.17) is 4.74 Å². The van der Waals surface area contributed by atoms with E-state index in [1.54, 1.807) is 11.6 Å². The van der Waals surface area contributed by atoms with E-state index in [0.717, 1.165) is 18.0 Å². The van der Waals surface area contributed by atoms with Crippen LogP contribution in [0.4, 0.5) is 4.39 Å². The highest BCUT2D eigenvalue weighted by molar-refractivity contribution is 5.32. The Bertz CT molecular complexity index is 700. The molecule has 1 N–H and O–H groups in total. The first-order valence-electron chi connectivity index (χ1n) is 9.31. The zero-order valence-corrected chi connectivity index (χ0v) is 15.2. The van der Waals surface area contributed by atoms with Gasteiger partial charge in [0, 0.05) is 6.04 Å². The van der Waals surface area contributed by atoms with Crippen molar-refractivity contribution in [1.29, 1.82) is 0 Å². The van der Waals surface area contributed by atoms with Gasteiger partial charge in [0.25, 0.3) is 0 Å². The summed E-state index contributed by atoms with van der Waals surface area (Å²) in [5.41, 5.74) is 4.14. The molecule has 0 spiro atoms. The summed E-state index contributed by atoms with van der Waals surface area (Å²) < 4.78 is 18.6. The minimum atomic E-state index is -0.309. The molecule has 0 radical (unpaired) electrons. The first-order valence-corrected chi connectivity index (χ1v) is 9.31. The van der Waals surface area contributed by atoms with Crippen molar-refractivity contribution in [2.75, 3.05) is 13.7 Å². The minimum absolute atomic E-state index is 0.196. The Labute approximate surface area is 150 Å². The molecule has 2 atom stereocenters. The Morgan fingerprint density at radius 2 is 2.00 bits per heavy atom. The Morgan fingerprint density at radius 3 is 2.80 bits per heavy atom. The zero-order chi connectivity index (χ0) is 17.6. The van der Waals surface area contributed by atoms with Crippen LogP contribution in [0.5, 0.6) is 5.75 Å². The quantitative estimate of drug-likeness (QED) is 0.710. The van der Waals surface area contributed by atoms with E-state index >= 15 is 0 Å². The Kier molecular flexibility index (Phi) is 6.09. The Balaban J connectivity index is 1.43. The number of halogens is 1. The molecule has 2 aromatic rings. The average Bonchev–Trinajstić information content (AvgIpc) is 2.65. The van der Waals surface area contributed by atoms with Crippen LogP contribution in [0, 0.1) is 11.7 Å². The van der Waals surface area contributed by atoms with Crippen LogP contribution in [0.2, 0.25) is 0 Å². The van der Waals surface area contributed by atoms with Crippen LogP contribution < -0.4 is 10.1 Å². The molecule has 0 aliphatic heterocycles. The summed E-state index contributed by atoms with van der Waals surface area (Å²) >= 11 is 0. The Hall–Kier alpha value is -1.87. The van der Waals surface area contributed by atoms with Crippen molar-refractivity contribution in [1.82, 2.24) is 5.32 Å². The number of nitrogens with one attached hydrogen (secondary N) is 1. The maximum absolute atomic E-state index is 13.5. The van der Waals surface area contributed by atoms with Crippen LogP contribution in [-0.2, 0) is 12.8 Å². The molecule has 25 heavy (non-hydrogen) atoms. The molecule has 3 rings (SSSR count). The predicted molar refractivity (Wildman–Crippen MR) is 101 cm³/mol. The molecule has 0 aromatic heterocycles. The number of hydrogen-bond acceptors (Lipinski definition) is 2. The van der Waals surface area contributed by atoms with Crippen LogP contribution in [-0.4, -0.2) is 13.7 Å². The van der Waals surface area contributed by atoms with E-state index in [1.807, 2.05) is 6.07 Å². The molecule has 1 aliphatic carbocycles. The summed E-state index contributed by atoms with van der Waals surface area (Å²) in [7, 11) is 1.50. The lowest BCUT2D eigenvalue weighted by atomic mass is 9.82. The number of methoxy groups -OCH3 is 1. The molecule has 0 saturated carbocycles. The van der Waals surface area contributed by atoms with Gasteiger partial charge in [-0.05, 0) is 80.3 Å². The van der Waals surface area contributed by atoms with Crippen LogP contribution in [0.15, 0.2) is 42.5 Å². The van der Waals surface area contributed by atoms with Gasteiger partial charge < -0.3 is 10.1 Å². The van der Waals surface area contributed by atoms with Crippen molar-refractivity contribution >= 4 is 0 Å². The van der Waals surface area contributed by atoms with E-state index in [0.29, 0.717) is 5.75 Å². The first kappa shape index (κ1) is 17.9. The third kappa shape index (κ3) is 4.60. The van der Waals surface area contributed by atoms with E-state index in [9.17, 15) is 4.39 Å². The van der Waals surface area contributed by atoms with Gasteiger partial charge >= 0.3 is 0 Å². The van der Waals surface area contributed by atoms with Gasteiger partial charge in [0.05, 0.1) is 7.11 Å². The van der Waals surface area contributed by atoms with E-state index in [1.165, 1.54) is 50.8 Å². The van der Waals surface area contributed by atoms with Crippen molar-refractivity contribution in [3.05, 3.63) is 65.0 Å². The maximum atomic E-state index is 13.5. The molecule has 3 heteroatoms. The van der Waals surface area contributed by atoms with Crippen LogP contribution in [0.3, 0.4) is 0 Å². The van der Waals surface area contributed by atoms with Gasteiger partial charge in [-0.25, -0.2) is 4.39 Å². The van der Waals surface area contributed by atoms with Crippen molar-refractivity contribution < 1.29 is 9.13 Å². The topological polar surface area (TPSA) is 21.3 Å². The largest absolute Gasteiger partial charge is 0.494 e. The highest BCUT2D eigenvalue weighted by Crippen LogP contribution is 2.28. The molecule has 1 aliphatic rings. The fourth-order valence-corrected chi connectivity index (χ4v) is 3.79. The highest BCUT2D eigenvalue weighted by Gasteiger charge is 2.17. The van der Waals surface area contributed by atoms with E-state index in [2.05, 4.69) is 36.5 Å². The molecule has 0 saturated heterocycles. The highest BCUT2D eigenvalue weighted by atomic mass is 19.1. The van der Waals surface area contributed by atoms with Crippen molar-refractivity contribution in [3.8, 4) is 5.75 Å². The summed E-state index contributed by atoms with van der Waals surface area (Å²) in [5.74, 6) is 0.806. The second kappa shape index (κ2) is 8.48. The number of fused-ring (bicyclic) bond motifs is 1. The second-order valence-electron chi connectivity index (χ2n) is 7.09. The normalized spacial score (nSPS) is 17.8. The summed E-state index contributed by atoms with van der Waals surface area (Å²) in [6.07, 6.45) is 6.19. The van der Waals surface area contributed by atoms with Crippen molar-refractivity contribution in [3.63, 3.8) is 0 Å². The van der Waals surface area contributed by atoms with Gasteiger partial charge in [0.2, 0.25) is 0 Å². The van der Waals surface area contributed by atoms with Gasteiger partial charge in [-0.1, -0.05) is 30.3 Å². The lowest BCUT2D eigenvalue weighted by Crippen LogP contribution is -2.21. The average molecular weight is 341 g/mol. The monoisotopic (exact) mass is 341 g/mol. The fourth-order valence-electron chi connectivity index (χ4n) is 3.79. The van der Waals surface area contributed by atoms with E-state index in [-0.39, 0.29) is 11.9 Å². The molecular weight excluding hydrogens is 313 g/mol. The molecule has 2 aromatic carbocycles. The third-order valence-corrected chi connectivity index (χ3v) is 5.36. The molecule has 0 heterocycles. The smallest absolute Gasteiger partial charge is 0.165 e. The SMILES string of the molecule is COc1cc([C@@H](C)NCCC[C@@H]2CCc3ccccc3C2)ccc1F. The lowest BCUT2D eigenvalue weighted by Gasteiger charge is -2.25. The molecule has 0 bridgehead atoms. The molecule has 134 valence electrons. The van der Waals surface area contributed by atoms with Crippen LogP contribution in [0.25, 0.3) is 0 Å². The fraction of sp³-hybridized carbons (Fsp3) is 0.455. The first-order chi connectivity index (χ1) is 12.2. The molecule has 2 nitrogen and oxygen atoms in total. The lowest BCUT2D eigenvalue weighted by molar-refractivity contribution is 0.384. The van der Waals surface area contributed by atoms with Gasteiger partial charge in [-0.2, -0.15) is 0 Å². The Morgan fingerprint density at radius 1 is 1.20 bits per heavy atom. The second-order valence-corrected chi connectivity index (χ2v) is 7.09. The van der Waals surface area contributed by atoms with Gasteiger partial charge in [-0.3, -0.25) is 0 Å². The van der Waals surface area contributed by atoms with Gasteiger partial charge in [-0.15, -0.1) is 0 Å². The minimum Gasteiger partial charge on any atom is -0.494 e. The van der Waals surface area contributed by atoms with Gasteiger partial charge in [0.1, 0.15) is 0 Å². The number of rotatable bonds is 7. The van der Waals surface area contributed by atoms with E-state index < -0.39 is 0 Å². The standard InChI is InChI=1S/C22H28FNO/c1-16(19-11-12-21(23)22(15-19)25-2)24-13-5-6-17-9-10-18-7-3-4-8-20(18)14-17/h3-4,7-8,11-12,15-17,24H,5-6,9-10,13-14H2,1-2H3/t16-,17-/m1/s1. The summed E-state index contributed by atoms with van der Waals surface area (Å²) in [6, 6.07) is 14.1. The summed E-state index contributed by atoms with van der Waals surface area (Å²) in [5, 5.41) is 3.55. The number of benzene rings is 2. The molecule has 0 unspecified atom stereocenters. The zero-order valence-electron chi connectivity index (χ0n) is 15.2.